The Labute approximate surface area is 182 Å². The summed E-state index contributed by atoms with van der Waals surface area (Å²) in [6, 6.07) is 4.92. The molecule has 0 radical (unpaired) electrons. The van der Waals surface area contributed by atoms with Crippen LogP contribution in [0.3, 0.4) is 0 Å². The minimum Gasteiger partial charge on any atom is -0.493 e. The number of carbonyl (C=O) groups excluding carboxylic acids is 1. The highest BCUT2D eigenvalue weighted by Gasteiger charge is 2.37. The van der Waals surface area contributed by atoms with Gasteiger partial charge in [-0.2, -0.15) is 4.68 Å². The van der Waals surface area contributed by atoms with Gasteiger partial charge in [0.25, 0.3) is 0 Å². The normalized spacial score (nSPS) is 15.3. The Hall–Kier alpha value is -3.10. The van der Waals surface area contributed by atoms with Crippen LogP contribution in [0.5, 0.6) is 11.5 Å². The number of hydrogen-bond donors (Lipinski definition) is 1. The molecule has 1 N–H and O–H groups in total. The van der Waals surface area contributed by atoms with Gasteiger partial charge in [-0.05, 0) is 29.8 Å². The van der Waals surface area contributed by atoms with Crippen LogP contribution >= 0.6 is 0 Å². The molecule has 0 saturated heterocycles. The molecule has 168 valence electrons. The highest BCUT2D eigenvalue weighted by atomic mass is 16.5. The van der Waals surface area contributed by atoms with Crippen LogP contribution in [0, 0.1) is 0 Å². The Balaban J connectivity index is 1.84. The van der Waals surface area contributed by atoms with Gasteiger partial charge in [-0.15, -0.1) is 0 Å². The monoisotopic (exact) mass is 429 g/mol. The van der Waals surface area contributed by atoms with E-state index in [1.54, 1.807) is 25.0 Å². The number of fused-ring (bicyclic) bond motifs is 1. The van der Waals surface area contributed by atoms with Crippen LogP contribution in [0.4, 0.5) is 5.95 Å². The van der Waals surface area contributed by atoms with E-state index in [1.165, 1.54) is 19.3 Å². The molecule has 1 atom stereocenters. The lowest BCUT2D eigenvalue weighted by Crippen LogP contribution is -2.30. The lowest BCUT2D eigenvalue weighted by atomic mass is 9.94. The van der Waals surface area contributed by atoms with Crippen molar-refractivity contribution in [3.05, 3.63) is 35.0 Å². The molecular formula is C22H31N5O4. The molecular weight excluding hydrogens is 398 g/mol. The van der Waals surface area contributed by atoms with Gasteiger partial charge >= 0.3 is 5.97 Å². The van der Waals surface area contributed by atoms with Crippen LogP contribution in [0.2, 0.25) is 0 Å². The zero-order chi connectivity index (χ0) is 22.2. The number of tetrazole rings is 1. The maximum absolute atomic E-state index is 13.1. The van der Waals surface area contributed by atoms with Gasteiger partial charge in [-0.25, -0.2) is 4.79 Å². The Morgan fingerprint density at radius 2 is 1.90 bits per heavy atom. The fourth-order valence-electron chi connectivity index (χ4n) is 3.82. The molecule has 0 bridgehead atoms. The number of ether oxygens (including phenoxy) is 3. The van der Waals surface area contributed by atoms with E-state index in [0.717, 1.165) is 19.3 Å². The van der Waals surface area contributed by atoms with E-state index >= 15 is 0 Å². The average Bonchev–Trinajstić information content (AvgIpc) is 3.24. The van der Waals surface area contributed by atoms with Crippen LogP contribution < -0.4 is 14.8 Å². The second kappa shape index (κ2) is 10.8. The second-order valence-electron chi connectivity index (χ2n) is 7.50. The highest BCUT2D eigenvalue weighted by Crippen LogP contribution is 2.42. The number of rotatable bonds is 11. The Kier molecular flexibility index (Phi) is 7.86. The molecule has 31 heavy (non-hydrogen) atoms. The first-order valence-corrected chi connectivity index (χ1v) is 10.8. The van der Waals surface area contributed by atoms with Crippen molar-refractivity contribution in [2.75, 3.05) is 26.1 Å². The zero-order valence-electron chi connectivity index (χ0n) is 18.7. The fraction of sp³-hybridized carbons (Fsp3) is 0.545. The largest absolute Gasteiger partial charge is 0.493 e. The van der Waals surface area contributed by atoms with Gasteiger partial charge in [0.15, 0.2) is 11.5 Å². The van der Waals surface area contributed by atoms with E-state index in [-0.39, 0.29) is 0 Å². The summed E-state index contributed by atoms with van der Waals surface area (Å²) in [5, 5.41) is 15.0. The second-order valence-corrected chi connectivity index (χ2v) is 7.50. The molecule has 0 amide bonds. The standard InChI is InChI=1S/C22H31N5O4/c1-5-6-7-8-9-10-14-31-21(28)18-15(2)23-22-24-25-26-27(22)19(18)16-12-11-13-17(29-3)20(16)30-4/h11-13,19H,5-10,14H2,1-4H3,(H,23,24,26)/t19-/m1/s1. The van der Waals surface area contributed by atoms with Gasteiger partial charge in [0.05, 0.1) is 26.4 Å². The van der Waals surface area contributed by atoms with E-state index in [2.05, 4.69) is 27.8 Å². The Morgan fingerprint density at radius 3 is 2.65 bits per heavy atom. The number of nitrogens with zero attached hydrogens (tertiary/aromatic N) is 4. The van der Waals surface area contributed by atoms with Gasteiger partial charge in [-0.3, -0.25) is 0 Å². The third-order valence-electron chi connectivity index (χ3n) is 5.39. The predicted molar refractivity (Wildman–Crippen MR) is 116 cm³/mol. The molecule has 0 fully saturated rings. The van der Waals surface area contributed by atoms with Crippen LogP contribution in [0.1, 0.15) is 64.0 Å². The number of anilines is 1. The van der Waals surface area contributed by atoms with Gasteiger partial charge < -0.3 is 19.5 Å². The summed E-state index contributed by atoms with van der Waals surface area (Å²) in [6.45, 7) is 4.39. The molecule has 1 aromatic heterocycles. The molecule has 0 aliphatic carbocycles. The lowest BCUT2D eigenvalue weighted by Gasteiger charge is -2.28. The molecule has 9 heteroatoms. The maximum atomic E-state index is 13.1. The fourth-order valence-corrected chi connectivity index (χ4v) is 3.82. The Morgan fingerprint density at radius 1 is 1.13 bits per heavy atom. The first-order chi connectivity index (χ1) is 15.1. The third-order valence-corrected chi connectivity index (χ3v) is 5.39. The molecule has 0 unspecified atom stereocenters. The Bertz CT molecular complexity index is 924. The quantitative estimate of drug-likeness (QED) is 0.424. The van der Waals surface area contributed by atoms with Crippen molar-refractivity contribution >= 4 is 11.9 Å². The molecule has 9 nitrogen and oxygen atoms in total. The van der Waals surface area contributed by atoms with E-state index in [9.17, 15) is 4.79 Å². The topological polar surface area (TPSA) is 100 Å². The smallest absolute Gasteiger partial charge is 0.338 e. The molecule has 3 rings (SSSR count). The maximum Gasteiger partial charge on any atom is 0.338 e. The average molecular weight is 430 g/mol. The van der Waals surface area contributed by atoms with Crippen molar-refractivity contribution in [1.29, 1.82) is 0 Å². The minimum absolute atomic E-state index is 0.381. The number of aromatic nitrogens is 4. The molecule has 0 spiro atoms. The summed E-state index contributed by atoms with van der Waals surface area (Å²) < 4.78 is 18.3. The number of para-hydroxylation sites is 1. The third kappa shape index (κ3) is 4.98. The van der Waals surface area contributed by atoms with Crippen molar-refractivity contribution in [2.45, 2.75) is 58.4 Å². The highest BCUT2D eigenvalue weighted by molar-refractivity contribution is 5.92. The number of nitrogens with one attached hydrogen (secondary N) is 1. The summed E-state index contributed by atoms with van der Waals surface area (Å²) in [5.41, 5.74) is 1.80. The number of unbranched alkanes of at least 4 members (excludes halogenated alkanes) is 5. The SMILES string of the molecule is CCCCCCCCOC(=O)C1=C(C)Nc2nnnn2[C@@H]1c1cccc(OC)c1OC. The summed E-state index contributed by atoms with van der Waals surface area (Å²) in [6.07, 6.45) is 6.73. The summed E-state index contributed by atoms with van der Waals surface area (Å²) in [4.78, 5) is 13.1. The number of allylic oxidation sites excluding steroid dienone is 1. The number of esters is 1. The van der Waals surface area contributed by atoms with Crippen LogP contribution in [-0.4, -0.2) is 47.0 Å². The van der Waals surface area contributed by atoms with Crippen LogP contribution in [0.25, 0.3) is 0 Å². The molecule has 1 aliphatic rings. The first kappa shape index (κ1) is 22.6. The van der Waals surface area contributed by atoms with Crippen molar-refractivity contribution in [3.8, 4) is 11.5 Å². The molecule has 1 aliphatic heterocycles. The lowest BCUT2D eigenvalue weighted by molar-refractivity contribution is -0.139. The summed E-state index contributed by atoms with van der Waals surface area (Å²) in [7, 11) is 3.14. The minimum atomic E-state index is -0.603. The van der Waals surface area contributed by atoms with Crippen molar-refractivity contribution in [1.82, 2.24) is 20.2 Å². The van der Waals surface area contributed by atoms with Gasteiger partial charge in [0.2, 0.25) is 5.95 Å². The predicted octanol–water partition coefficient (Wildman–Crippen LogP) is 3.88. The summed E-state index contributed by atoms with van der Waals surface area (Å²) in [5.74, 6) is 1.13. The summed E-state index contributed by atoms with van der Waals surface area (Å²) >= 11 is 0. The zero-order valence-corrected chi connectivity index (χ0v) is 18.7. The molecule has 2 aromatic rings. The van der Waals surface area contributed by atoms with Gasteiger partial charge in [-0.1, -0.05) is 56.3 Å². The molecule has 0 saturated carbocycles. The van der Waals surface area contributed by atoms with Crippen molar-refractivity contribution in [2.24, 2.45) is 0 Å². The molecule has 2 heterocycles. The van der Waals surface area contributed by atoms with Gasteiger partial charge in [0, 0.05) is 11.3 Å². The number of benzene rings is 1. The number of hydrogen-bond acceptors (Lipinski definition) is 8. The first-order valence-electron chi connectivity index (χ1n) is 10.8. The van der Waals surface area contributed by atoms with Crippen molar-refractivity contribution in [3.63, 3.8) is 0 Å². The molecule has 1 aromatic carbocycles. The number of methoxy groups -OCH3 is 2. The van der Waals surface area contributed by atoms with E-state index in [4.69, 9.17) is 14.2 Å². The van der Waals surface area contributed by atoms with Crippen LogP contribution in [-0.2, 0) is 9.53 Å². The van der Waals surface area contributed by atoms with E-state index in [0.29, 0.717) is 40.9 Å². The van der Waals surface area contributed by atoms with Gasteiger partial charge in [0.1, 0.15) is 6.04 Å². The number of carbonyl (C=O) groups is 1. The van der Waals surface area contributed by atoms with Crippen molar-refractivity contribution < 1.29 is 19.0 Å². The van der Waals surface area contributed by atoms with Crippen LogP contribution in [0.15, 0.2) is 29.5 Å². The van der Waals surface area contributed by atoms with E-state index < -0.39 is 12.0 Å². The van der Waals surface area contributed by atoms with E-state index in [1.807, 2.05) is 19.1 Å².